The fraction of sp³-hybridized carbons (Fsp3) is 0.381. The van der Waals surface area contributed by atoms with Gasteiger partial charge in [-0.1, -0.05) is 0 Å². The van der Waals surface area contributed by atoms with Crippen LogP contribution in [0.1, 0.15) is 36.5 Å². The Labute approximate surface area is 158 Å². The van der Waals surface area contributed by atoms with Crippen LogP contribution in [-0.4, -0.2) is 45.3 Å². The SMILES string of the molecule is COc1ccc(-c2cc(C(=O)N3CCCCC3C)c3cnn(C)c3n2)cc1. The molecule has 0 saturated carbocycles. The van der Waals surface area contributed by atoms with Crippen LogP contribution in [0.4, 0.5) is 0 Å². The van der Waals surface area contributed by atoms with E-state index in [4.69, 9.17) is 9.72 Å². The molecule has 1 amide bonds. The molecule has 2 aromatic heterocycles. The molecule has 1 aliphatic rings. The minimum Gasteiger partial charge on any atom is -0.497 e. The lowest BCUT2D eigenvalue weighted by Crippen LogP contribution is -2.42. The number of rotatable bonds is 3. The second-order valence-electron chi connectivity index (χ2n) is 7.13. The summed E-state index contributed by atoms with van der Waals surface area (Å²) in [5.74, 6) is 0.858. The van der Waals surface area contributed by atoms with Crippen LogP contribution in [0.3, 0.4) is 0 Å². The molecule has 1 saturated heterocycles. The molecule has 4 rings (SSSR count). The molecule has 6 nitrogen and oxygen atoms in total. The molecular formula is C21H24N4O2. The van der Waals surface area contributed by atoms with Crippen molar-refractivity contribution in [3.63, 3.8) is 0 Å². The van der Waals surface area contributed by atoms with E-state index in [1.807, 2.05) is 42.3 Å². The normalized spacial score (nSPS) is 17.3. The van der Waals surface area contributed by atoms with Gasteiger partial charge in [-0.3, -0.25) is 9.48 Å². The number of likely N-dealkylation sites (tertiary alicyclic amines) is 1. The molecular weight excluding hydrogens is 340 g/mol. The van der Waals surface area contributed by atoms with Gasteiger partial charge in [0.25, 0.3) is 5.91 Å². The summed E-state index contributed by atoms with van der Waals surface area (Å²) in [6.45, 7) is 2.94. The lowest BCUT2D eigenvalue weighted by molar-refractivity contribution is 0.0637. The van der Waals surface area contributed by atoms with Gasteiger partial charge in [-0.25, -0.2) is 4.98 Å². The van der Waals surface area contributed by atoms with Gasteiger partial charge in [-0.05, 0) is 56.5 Å². The smallest absolute Gasteiger partial charge is 0.254 e. The monoisotopic (exact) mass is 364 g/mol. The van der Waals surface area contributed by atoms with E-state index in [9.17, 15) is 4.79 Å². The number of pyridine rings is 1. The van der Waals surface area contributed by atoms with Crippen molar-refractivity contribution in [1.82, 2.24) is 19.7 Å². The lowest BCUT2D eigenvalue weighted by atomic mass is 10.0. The average molecular weight is 364 g/mol. The first-order valence-corrected chi connectivity index (χ1v) is 9.36. The minimum atomic E-state index is 0.0670. The molecule has 1 aliphatic heterocycles. The number of nitrogens with zero attached hydrogens (tertiary/aromatic N) is 4. The molecule has 6 heteroatoms. The summed E-state index contributed by atoms with van der Waals surface area (Å²) < 4.78 is 6.96. The number of piperidine rings is 1. The highest BCUT2D eigenvalue weighted by Crippen LogP contribution is 2.28. The molecule has 140 valence electrons. The van der Waals surface area contributed by atoms with Gasteiger partial charge in [0.15, 0.2) is 5.65 Å². The van der Waals surface area contributed by atoms with Crippen molar-refractivity contribution in [3.05, 3.63) is 42.1 Å². The third-order valence-electron chi connectivity index (χ3n) is 5.39. The van der Waals surface area contributed by atoms with Crippen molar-refractivity contribution < 1.29 is 9.53 Å². The number of aromatic nitrogens is 3. The second kappa shape index (κ2) is 7.02. The number of methoxy groups -OCH3 is 1. The molecule has 27 heavy (non-hydrogen) atoms. The Morgan fingerprint density at radius 2 is 2.00 bits per heavy atom. The van der Waals surface area contributed by atoms with Crippen LogP contribution in [0, 0.1) is 0 Å². The number of aryl methyl sites for hydroxylation is 1. The molecule has 3 aromatic rings. The summed E-state index contributed by atoms with van der Waals surface area (Å²) in [7, 11) is 3.50. The van der Waals surface area contributed by atoms with Crippen LogP contribution >= 0.6 is 0 Å². The van der Waals surface area contributed by atoms with Crippen molar-refractivity contribution in [2.45, 2.75) is 32.2 Å². The molecule has 0 N–H and O–H groups in total. The Balaban J connectivity index is 1.82. The molecule has 0 aliphatic carbocycles. The molecule has 3 heterocycles. The van der Waals surface area contributed by atoms with Crippen molar-refractivity contribution in [2.75, 3.05) is 13.7 Å². The van der Waals surface area contributed by atoms with Gasteiger partial charge in [0.1, 0.15) is 5.75 Å². The maximum atomic E-state index is 13.4. The van der Waals surface area contributed by atoms with Gasteiger partial charge >= 0.3 is 0 Å². The summed E-state index contributed by atoms with van der Waals surface area (Å²) in [5, 5.41) is 5.13. The first kappa shape index (κ1) is 17.5. The number of benzene rings is 1. The van der Waals surface area contributed by atoms with E-state index in [1.165, 1.54) is 6.42 Å². The van der Waals surface area contributed by atoms with Crippen LogP contribution in [0.5, 0.6) is 5.75 Å². The molecule has 0 bridgehead atoms. The number of carbonyl (C=O) groups is 1. The van der Waals surface area contributed by atoms with Crippen molar-refractivity contribution in [2.24, 2.45) is 7.05 Å². The van der Waals surface area contributed by atoms with Crippen LogP contribution in [0.2, 0.25) is 0 Å². The quantitative estimate of drug-likeness (QED) is 0.712. The van der Waals surface area contributed by atoms with Crippen molar-refractivity contribution in [1.29, 1.82) is 0 Å². The first-order valence-electron chi connectivity index (χ1n) is 9.36. The summed E-state index contributed by atoms with van der Waals surface area (Å²) in [4.78, 5) is 20.1. The maximum absolute atomic E-state index is 13.4. The van der Waals surface area contributed by atoms with Gasteiger partial charge in [-0.2, -0.15) is 5.10 Å². The van der Waals surface area contributed by atoms with E-state index in [-0.39, 0.29) is 11.9 Å². The van der Waals surface area contributed by atoms with Gasteiger partial charge < -0.3 is 9.64 Å². The molecule has 1 fully saturated rings. The number of ether oxygens (including phenoxy) is 1. The molecule has 1 unspecified atom stereocenters. The molecule has 0 radical (unpaired) electrons. The number of amides is 1. The zero-order valence-corrected chi connectivity index (χ0v) is 16.0. The topological polar surface area (TPSA) is 60.2 Å². The zero-order valence-electron chi connectivity index (χ0n) is 16.0. The Bertz CT molecular complexity index is 978. The van der Waals surface area contributed by atoms with Crippen LogP contribution < -0.4 is 4.74 Å². The Morgan fingerprint density at radius 3 is 2.70 bits per heavy atom. The summed E-state index contributed by atoms with van der Waals surface area (Å²) in [6.07, 6.45) is 5.03. The van der Waals surface area contributed by atoms with E-state index in [1.54, 1.807) is 18.0 Å². The third-order valence-corrected chi connectivity index (χ3v) is 5.39. The highest BCUT2D eigenvalue weighted by Gasteiger charge is 2.27. The summed E-state index contributed by atoms with van der Waals surface area (Å²) >= 11 is 0. The Kier molecular flexibility index (Phi) is 4.56. The van der Waals surface area contributed by atoms with Crippen LogP contribution in [-0.2, 0) is 7.05 Å². The lowest BCUT2D eigenvalue weighted by Gasteiger charge is -2.33. The van der Waals surface area contributed by atoms with E-state index < -0.39 is 0 Å². The van der Waals surface area contributed by atoms with E-state index in [0.29, 0.717) is 5.56 Å². The van der Waals surface area contributed by atoms with Crippen molar-refractivity contribution in [3.8, 4) is 17.0 Å². The minimum absolute atomic E-state index is 0.0670. The predicted octanol–water partition coefficient (Wildman–Crippen LogP) is 3.66. The number of hydrogen-bond acceptors (Lipinski definition) is 4. The third kappa shape index (κ3) is 3.16. The first-order chi connectivity index (χ1) is 13.1. The molecule has 1 atom stereocenters. The highest BCUT2D eigenvalue weighted by molar-refractivity contribution is 6.06. The highest BCUT2D eigenvalue weighted by atomic mass is 16.5. The zero-order chi connectivity index (χ0) is 19.0. The van der Waals surface area contributed by atoms with Gasteiger partial charge in [-0.15, -0.1) is 0 Å². The fourth-order valence-corrected chi connectivity index (χ4v) is 3.76. The van der Waals surface area contributed by atoms with Gasteiger partial charge in [0.05, 0.1) is 30.0 Å². The summed E-state index contributed by atoms with van der Waals surface area (Å²) in [5.41, 5.74) is 3.10. The molecule has 1 aromatic carbocycles. The molecule has 0 spiro atoms. The number of fused-ring (bicyclic) bond motifs is 1. The Hall–Kier alpha value is -2.89. The standard InChI is InChI=1S/C21H24N4O2/c1-14-6-4-5-11-25(14)21(26)17-12-19(15-7-9-16(27-3)10-8-15)23-20-18(17)13-22-24(20)2/h7-10,12-14H,4-6,11H2,1-3H3. The number of carbonyl (C=O) groups excluding carboxylic acids is 1. The van der Waals surface area contributed by atoms with E-state index >= 15 is 0 Å². The van der Waals surface area contributed by atoms with E-state index in [2.05, 4.69) is 12.0 Å². The van der Waals surface area contributed by atoms with Gasteiger partial charge in [0.2, 0.25) is 0 Å². The van der Waals surface area contributed by atoms with Gasteiger partial charge in [0, 0.05) is 25.2 Å². The van der Waals surface area contributed by atoms with Crippen LogP contribution in [0.15, 0.2) is 36.5 Å². The Morgan fingerprint density at radius 1 is 1.22 bits per heavy atom. The summed E-state index contributed by atoms with van der Waals surface area (Å²) in [6, 6.07) is 9.88. The largest absolute Gasteiger partial charge is 0.497 e. The van der Waals surface area contributed by atoms with E-state index in [0.717, 1.165) is 47.4 Å². The van der Waals surface area contributed by atoms with Crippen LogP contribution in [0.25, 0.3) is 22.3 Å². The van der Waals surface area contributed by atoms with Crippen molar-refractivity contribution >= 4 is 16.9 Å². The number of hydrogen-bond donors (Lipinski definition) is 0. The maximum Gasteiger partial charge on any atom is 0.254 e. The average Bonchev–Trinajstić information content (AvgIpc) is 3.08. The fourth-order valence-electron chi connectivity index (χ4n) is 3.76. The second-order valence-corrected chi connectivity index (χ2v) is 7.13. The predicted molar refractivity (Wildman–Crippen MR) is 105 cm³/mol.